The molecule has 3 aromatic rings. The maximum absolute atomic E-state index is 13.4. The molecule has 0 fully saturated rings. The Bertz CT molecular complexity index is 1040. The molecule has 0 atom stereocenters. The summed E-state index contributed by atoms with van der Waals surface area (Å²) >= 11 is 0. The number of nitrogens with zero attached hydrogens (tertiary/aromatic N) is 1. The van der Waals surface area contributed by atoms with Crippen molar-refractivity contribution in [2.24, 2.45) is 0 Å². The number of hydrogen-bond donors (Lipinski definition) is 0. The maximum Gasteiger partial charge on any atom is 0.254 e. The number of allylic oxidation sites excluding steroid dienone is 2. The highest BCUT2D eigenvalue weighted by atomic mass is 16.2. The van der Waals surface area contributed by atoms with E-state index in [2.05, 4.69) is 70.2 Å². The van der Waals surface area contributed by atoms with E-state index in [4.69, 9.17) is 0 Å². The van der Waals surface area contributed by atoms with Gasteiger partial charge in [-0.3, -0.25) is 4.79 Å². The molecule has 158 valence electrons. The van der Waals surface area contributed by atoms with Crippen LogP contribution in [0.15, 0.2) is 91.0 Å². The molecule has 31 heavy (non-hydrogen) atoms. The Balaban J connectivity index is 2.07. The second-order valence-corrected chi connectivity index (χ2v) is 8.20. The van der Waals surface area contributed by atoms with Crippen LogP contribution in [0.25, 0.3) is 17.7 Å². The maximum atomic E-state index is 13.4. The summed E-state index contributed by atoms with van der Waals surface area (Å²) < 4.78 is 0. The second kappa shape index (κ2) is 10.6. The number of carbonyl (C=O) groups excluding carboxylic acids is 1. The Morgan fingerprint density at radius 3 is 1.90 bits per heavy atom. The van der Waals surface area contributed by atoms with Crippen LogP contribution in [0.1, 0.15) is 54.7 Å². The standard InChI is InChI=1S/C29H31NO/c1-22(2)30(23(3)4)29(31)28-18-12-11-17-27(28)21-26(25-15-9-6-10-16-25)20-19-24-13-7-5-8-14-24/h5-23H,1-4H3/b20-19+,26-21-. The van der Waals surface area contributed by atoms with Crippen molar-refractivity contribution in [2.75, 3.05) is 0 Å². The zero-order valence-corrected chi connectivity index (χ0v) is 18.8. The number of amides is 1. The fraction of sp³-hybridized carbons (Fsp3) is 0.207. The zero-order chi connectivity index (χ0) is 22.2. The van der Waals surface area contributed by atoms with E-state index < -0.39 is 0 Å². The first-order chi connectivity index (χ1) is 15.0. The third-order valence-corrected chi connectivity index (χ3v) is 5.21. The van der Waals surface area contributed by atoms with E-state index in [0.717, 1.165) is 27.8 Å². The Morgan fingerprint density at radius 2 is 1.29 bits per heavy atom. The van der Waals surface area contributed by atoms with Gasteiger partial charge in [0.1, 0.15) is 0 Å². The smallest absolute Gasteiger partial charge is 0.254 e. The molecule has 2 heteroatoms. The van der Waals surface area contributed by atoms with Gasteiger partial charge in [-0.15, -0.1) is 0 Å². The minimum Gasteiger partial charge on any atom is -0.334 e. The molecule has 2 nitrogen and oxygen atoms in total. The van der Waals surface area contributed by atoms with Crippen molar-refractivity contribution in [3.8, 4) is 0 Å². The van der Waals surface area contributed by atoms with Crippen molar-refractivity contribution in [2.45, 2.75) is 39.8 Å². The van der Waals surface area contributed by atoms with Crippen molar-refractivity contribution < 1.29 is 4.79 Å². The van der Waals surface area contributed by atoms with Crippen LogP contribution in [0.4, 0.5) is 0 Å². The van der Waals surface area contributed by atoms with E-state index in [9.17, 15) is 4.79 Å². The lowest BCUT2D eigenvalue weighted by Crippen LogP contribution is -2.42. The van der Waals surface area contributed by atoms with Crippen LogP contribution in [0.2, 0.25) is 0 Å². The molecular weight excluding hydrogens is 378 g/mol. The molecule has 0 N–H and O–H groups in total. The lowest BCUT2D eigenvalue weighted by atomic mass is 9.98. The summed E-state index contributed by atoms with van der Waals surface area (Å²) in [5, 5.41) is 0. The number of hydrogen-bond acceptors (Lipinski definition) is 1. The van der Waals surface area contributed by atoms with Crippen LogP contribution in [-0.2, 0) is 0 Å². The molecule has 0 saturated heterocycles. The molecule has 0 aliphatic carbocycles. The lowest BCUT2D eigenvalue weighted by Gasteiger charge is -2.31. The van der Waals surface area contributed by atoms with Gasteiger partial charge in [-0.2, -0.15) is 0 Å². The summed E-state index contributed by atoms with van der Waals surface area (Å²) in [6.45, 7) is 8.26. The quantitative estimate of drug-likeness (QED) is 0.298. The predicted octanol–water partition coefficient (Wildman–Crippen LogP) is 7.20. The molecule has 0 radical (unpaired) electrons. The number of carbonyl (C=O) groups is 1. The van der Waals surface area contributed by atoms with E-state index in [1.807, 2.05) is 65.6 Å². The molecule has 0 aliphatic heterocycles. The third-order valence-electron chi connectivity index (χ3n) is 5.21. The zero-order valence-electron chi connectivity index (χ0n) is 18.8. The van der Waals surface area contributed by atoms with Gasteiger partial charge in [-0.1, -0.05) is 91.0 Å². The topological polar surface area (TPSA) is 20.3 Å². The molecule has 1 amide bonds. The SMILES string of the molecule is CC(C)N(C(=O)c1ccccc1/C=C(/C=C/c1ccccc1)c1ccccc1)C(C)C. The van der Waals surface area contributed by atoms with Crippen LogP contribution in [0.3, 0.4) is 0 Å². The highest BCUT2D eigenvalue weighted by Crippen LogP contribution is 2.24. The average Bonchev–Trinajstić information content (AvgIpc) is 2.77. The number of rotatable bonds is 7. The molecule has 0 bridgehead atoms. The molecule has 3 rings (SSSR count). The van der Waals surface area contributed by atoms with Gasteiger partial charge >= 0.3 is 0 Å². The molecule has 0 spiro atoms. The van der Waals surface area contributed by atoms with Crippen molar-refractivity contribution in [1.82, 2.24) is 4.90 Å². The lowest BCUT2D eigenvalue weighted by molar-refractivity contribution is 0.0643. The van der Waals surface area contributed by atoms with E-state index >= 15 is 0 Å². The third kappa shape index (κ3) is 5.82. The van der Waals surface area contributed by atoms with Gasteiger partial charge < -0.3 is 4.90 Å². The van der Waals surface area contributed by atoms with Crippen LogP contribution < -0.4 is 0 Å². The van der Waals surface area contributed by atoms with E-state index in [1.54, 1.807) is 0 Å². The molecule has 0 aromatic heterocycles. The highest BCUT2D eigenvalue weighted by Gasteiger charge is 2.23. The molecule has 0 heterocycles. The first kappa shape index (κ1) is 22.3. The van der Waals surface area contributed by atoms with Crippen molar-refractivity contribution in [1.29, 1.82) is 0 Å². The van der Waals surface area contributed by atoms with Crippen molar-refractivity contribution in [3.63, 3.8) is 0 Å². The van der Waals surface area contributed by atoms with Gasteiger partial charge in [0.25, 0.3) is 5.91 Å². The first-order valence-corrected chi connectivity index (χ1v) is 10.9. The van der Waals surface area contributed by atoms with Crippen LogP contribution in [0, 0.1) is 0 Å². The monoisotopic (exact) mass is 409 g/mol. The summed E-state index contributed by atoms with van der Waals surface area (Å²) in [5.74, 6) is 0.0660. The van der Waals surface area contributed by atoms with Gasteiger partial charge in [-0.25, -0.2) is 0 Å². The summed E-state index contributed by atoms with van der Waals surface area (Å²) in [7, 11) is 0. The summed E-state index contributed by atoms with van der Waals surface area (Å²) in [4.78, 5) is 15.4. The molecule has 0 aliphatic rings. The van der Waals surface area contributed by atoms with Gasteiger partial charge in [0.2, 0.25) is 0 Å². The van der Waals surface area contributed by atoms with Crippen LogP contribution in [0.5, 0.6) is 0 Å². The summed E-state index contributed by atoms with van der Waals surface area (Å²) in [5.41, 5.74) is 4.97. The normalized spacial score (nSPS) is 12.0. The van der Waals surface area contributed by atoms with E-state index in [-0.39, 0.29) is 18.0 Å². The predicted molar refractivity (Wildman–Crippen MR) is 133 cm³/mol. The molecule has 0 unspecified atom stereocenters. The van der Waals surface area contributed by atoms with Gasteiger partial charge in [-0.05, 0) is 62.1 Å². The van der Waals surface area contributed by atoms with Crippen LogP contribution >= 0.6 is 0 Å². The fourth-order valence-corrected chi connectivity index (χ4v) is 3.80. The van der Waals surface area contributed by atoms with Crippen molar-refractivity contribution >= 4 is 23.6 Å². The highest BCUT2D eigenvalue weighted by molar-refractivity contribution is 6.01. The minimum atomic E-state index is 0.0660. The molecule has 3 aromatic carbocycles. The van der Waals surface area contributed by atoms with Crippen molar-refractivity contribution in [3.05, 3.63) is 113 Å². The second-order valence-electron chi connectivity index (χ2n) is 8.20. The Kier molecular flexibility index (Phi) is 7.61. The van der Waals surface area contributed by atoms with Gasteiger partial charge in [0.15, 0.2) is 0 Å². The summed E-state index contributed by atoms with van der Waals surface area (Å²) in [6.07, 6.45) is 6.34. The van der Waals surface area contributed by atoms with Gasteiger partial charge in [0, 0.05) is 17.6 Å². The minimum absolute atomic E-state index is 0.0660. The Morgan fingerprint density at radius 1 is 0.742 bits per heavy atom. The summed E-state index contributed by atoms with van der Waals surface area (Å²) in [6, 6.07) is 28.7. The largest absolute Gasteiger partial charge is 0.334 e. The van der Waals surface area contributed by atoms with Gasteiger partial charge in [0.05, 0.1) is 0 Å². The molecule has 0 saturated carbocycles. The Hall–Kier alpha value is -3.39. The average molecular weight is 410 g/mol. The van der Waals surface area contributed by atoms with E-state index in [0.29, 0.717) is 0 Å². The number of benzene rings is 3. The Labute approximate surface area is 186 Å². The fourth-order valence-electron chi connectivity index (χ4n) is 3.80. The van der Waals surface area contributed by atoms with E-state index in [1.165, 1.54) is 0 Å². The molecular formula is C29H31NO. The van der Waals surface area contributed by atoms with Crippen LogP contribution in [-0.4, -0.2) is 22.9 Å². The first-order valence-electron chi connectivity index (χ1n) is 10.9.